The zero-order valence-corrected chi connectivity index (χ0v) is 9.66. The molecule has 1 aromatic carbocycles. The highest BCUT2D eigenvalue weighted by Crippen LogP contribution is 2.38. The highest BCUT2D eigenvalue weighted by atomic mass is 14.7. The first-order chi connectivity index (χ1) is 7.81. The largest absolute Gasteiger partial charge is 0.361 e. The molecule has 2 aromatic rings. The monoisotopic (exact) mass is 214 g/mol. The number of hydrogen-bond acceptors (Lipinski definition) is 1. The van der Waals surface area contributed by atoms with Crippen LogP contribution in [-0.4, -0.2) is 11.0 Å². The molecule has 16 heavy (non-hydrogen) atoms. The molecule has 2 heteroatoms. The number of nitrogens with one attached hydrogen (secondary N) is 1. The lowest BCUT2D eigenvalue weighted by atomic mass is 9.78. The average molecular weight is 214 g/mol. The summed E-state index contributed by atoms with van der Waals surface area (Å²) >= 11 is 0. The third-order valence-electron chi connectivity index (χ3n) is 3.79. The van der Waals surface area contributed by atoms with Crippen LogP contribution in [0.4, 0.5) is 0 Å². The Morgan fingerprint density at radius 3 is 3.12 bits per heavy atom. The molecule has 0 amide bonds. The summed E-state index contributed by atoms with van der Waals surface area (Å²) in [6, 6.07) is 6.83. The van der Waals surface area contributed by atoms with Gasteiger partial charge in [-0.25, -0.2) is 0 Å². The van der Waals surface area contributed by atoms with Gasteiger partial charge in [-0.2, -0.15) is 0 Å². The molecule has 1 heterocycles. The molecule has 3 rings (SSSR count). The van der Waals surface area contributed by atoms with E-state index in [1.807, 2.05) is 0 Å². The van der Waals surface area contributed by atoms with Crippen molar-refractivity contribution in [2.45, 2.75) is 38.1 Å². The van der Waals surface area contributed by atoms with Gasteiger partial charge in [-0.15, -0.1) is 0 Å². The van der Waals surface area contributed by atoms with Crippen LogP contribution in [0.1, 0.15) is 36.8 Å². The lowest BCUT2D eigenvalue weighted by Crippen LogP contribution is -2.33. The van der Waals surface area contributed by atoms with Gasteiger partial charge in [0.15, 0.2) is 0 Å². The summed E-state index contributed by atoms with van der Waals surface area (Å²) in [7, 11) is 0. The van der Waals surface area contributed by atoms with Gasteiger partial charge in [-0.05, 0) is 36.0 Å². The van der Waals surface area contributed by atoms with Gasteiger partial charge < -0.3 is 10.7 Å². The fraction of sp³-hybridized carbons (Fsp3) is 0.429. The first kappa shape index (κ1) is 9.91. The van der Waals surface area contributed by atoms with Crippen LogP contribution < -0.4 is 5.73 Å². The van der Waals surface area contributed by atoms with E-state index in [4.69, 9.17) is 5.73 Å². The summed E-state index contributed by atoms with van der Waals surface area (Å²) in [5.41, 5.74) is 10.4. The van der Waals surface area contributed by atoms with E-state index < -0.39 is 0 Å². The summed E-state index contributed by atoms with van der Waals surface area (Å²) in [6.07, 6.45) is 5.54. The van der Waals surface area contributed by atoms with E-state index in [9.17, 15) is 0 Å². The molecule has 1 unspecified atom stereocenters. The van der Waals surface area contributed by atoms with Gasteiger partial charge in [0.25, 0.3) is 0 Å². The molecule has 1 aliphatic carbocycles. The zero-order valence-electron chi connectivity index (χ0n) is 9.66. The van der Waals surface area contributed by atoms with Crippen molar-refractivity contribution in [1.82, 2.24) is 4.98 Å². The molecule has 1 aliphatic rings. The van der Waals surface area contributed by atoms with E-state index in [1.54, 1.807) is 0 Å². The van der Waals surface area contributed by atoms with E-state index >= 15 is 0 Å². The minimum Gasteiger partial charge on any atom is -0.361 e. The summed E-state index contributed by atoms with van der Waals surface area (Å²) in [6.45, 7) is 2.24. The van der Waals surface area contributed by atoms with E-state index in [-0.39, 0.29) is 6.04 Å². The van der Waals surface area contributed by atoms with Crippen molar-refractivity contribution in [1.29, 1.82) is 0 Å². The van der Waals surface area contributed by atoms with Crippen LogP contribution in [0.25, 0.3) is 10.9 Å². The predicted molar refractivity (Wildman–Crippen MR) is 67.6 cm³/mol. The van der Waals surface area contributed by atoms with Crippen molar-refractivity contribution in [3.05, 3.63) is 35.5 Å². The van der Waals surface area contributed by atoms with Gasteiger partial charge in [0, 0.05) is 23.1 Å². The normalized spacial score (nSPS) is 23.9. The van der Waals surface area contributed by atoms with E-state index in [2.05, 4.69) is 36.3 Å². The number of aromatic amines is 1. The van der Waals surface area contributed by atoms with Gasteiger partial charge in [0.2, 0.25) is 0 Å². The molecule has 0 radical (unpaired) electrons. The Kier molecular flexibility index (Phi) is 2.25. The Morgan fingerprint density at radius 2 is 2.31 bits per heavy atom. The van der Waals surface area contributed by atoms with Crippen molar-refractivity contribution in [3.8, 4) is 0 Å². The Hall–Kier alpha value is -1.28. The van der Waals surface area contributed by atoms with Crippen LogP contribution in [0.3, 0.4) is 0 Å². The van der Waals surface area contributed by atoms with Gasteiger partial charge in [0.05, 0.1) is 0 Å². The molecular formula is C14H18N2. The van der Waals surface area contributed by atoms with Crippen LogP contribution >= 0.6 is 0 Å². The van der Waals surface area contributed by atoms with Gasteiger partial charge in [-0.1, -0.05) is 25.5 Å². The molecule has 0 spiro atoms. The molecule has 2 atom stereocenters. The molecule has 0 fully saturated rings. The highest BCUT2D eigenvalue weighted by molar-refractivity contribution is 5.88. The quantitative estimate of drug-likeness (QED) is 0.793. The molecule has 0 saturated heterocycles. The first-order valence-corrected chi connectivity index (χ1v) is 6.15. The zero-order chi connectivity index (χ0) is 11.1. The van der Waals surface area contributed by atoms with Gasteiger partial charge >= 0.3 is 0 Å². The fourth-order valence-electron chi connectivity index (χ4n) is 3.06. The smallest absolute Gasteiger partial charge is 0.0459 e. The molecule has 2 nitrogen and oxygen atoms in total. The van der Waals surface area contributed by atoms with Gasteiger partial charge in [-0.3, -0.25) is 0 Å². The standard InChI is InChI=1S/C14H18N2/c1-2-4-10-11-5-3-6-13-14(11)9(8-16-13)7-12(10)15/h3,5-6,8,10,12,16H,2,4,7,15H2,1H3/t10?,12-/m1/s1. The lowest BCUT2D eigenvalue weighted by molar-refractivity contribution is 0.487. The fourth-order valence-corrected chi connectivity index (χ4v) is 3.06. The Balaban J connectivity index is 2.21. The summed E-state index contributed by atoms with van der Waals surface area (Å²) in [4.78, 5) is 3.35. The SMILES string of the molecule is CCCC1c2cccc3[nH]cc(c23)C[C@H]1N. The van der Waals surface area contributed by atoms with Crippen molar-refractivity contribution in [2.75, 3.05) is 0 Å². The molecular weight excluding hydrogens is 196 g/mol. The first-order valence-electron chi connectivity index (χ1n) is 6.15. The Bertz CT molecular complexity index is 512. The molecule has 3 N–H and O–H groups in total. The summed E-state index contributed by atoms with van der Waals surface area (Å²) in [5, 5.41) is 1.43. The Morgan fingerprint density at radius 1 is 1.44 bits per heavy atom. The number of H-pyrrole nitrogens is 1. The average Bonchev–Trinajstić information content (AvgIpc) is 2.69. The number of aromatic nitrogens is 1. The summed E-state index contributed by atoms with van der Waals surface area (Å²) in [5.74, 6) is 0.539. The highest BCUT2D eigenvalue weighted by Gasteiger charge is 2.27. The summed E-state index contributed by atoms with van der Waals surface area (Å²) < 4.78 is 0. The molecule has 1 aromatic heterocycles. The van der Waals surface area contributed by atoms with Crippen LogP contribution in [-0.2, 0) is 6.42 Å². The van der Waals surface area contributed by atoms with E-state index in [0.717, 1.165) is 6.42 Å². The van der Waals surface area contributed by atoms with Crippen molar-refractivity contribution in [3.63, 3.8) is 0 Å². The second-order valence-electron chi connectivity index (χ2n) is 4.85. The molecule has 0 saturated carbocycles. The van der Waals surface area contributed by atoms with Crippen LogP contribution in [0, 0.1) is 0 Å². The predicted octanol–water partition coefficient (Wildman–Crippen LogP) is 2.94. The van der Waals surface area contributed by atoms with Gasteiger partial charge in [0.1, 0.15) is 0 Å². The number of nitrogens with two attached hydrogens (primary N) is 1. The van der Waals surface area contributed by atoms with E-state index in [1.165, 1.54) is 34.9 Å². The number of hydrogen-bond donors (Lipinski definition) is 2. The second kappa shape index (κ2) is 3.63. The topological polar surface area (TPSA) is 41.8 Å². The lowest BCUT2D eigenvalue weighted by Gasteiger charge is -2.29. The maximum absolute atomic E-state index is 6.30. The molecule has 84 valence electrons. The third-order valence-corrected chi connectivity index (χ3v) is 3.79. The van der Waals surface area contributed by atoms with E-state index in [0.29, 0.717) is 5.92 Å². The van der Waals surface area contributed by atoms with Crippen molar-refractivity contribution < 1.29 is 0 Å². The maximum Gasteiger partial charge on any atom is 0.0459 e. The second-order valence-corrected chi connectivity index (χ2v) is 4.85. The van der Waals surface area contributed by atoms with Crippen LogP contribution in [0.5, 0.6) is 0 Å². The minimum atomic E-state index is 0.286. The minimum absolute atomic E-state index is 0.286. The Labute approximate surface area is 95.8 Å². The molecule has 0 aliphatic heterocycles. The number of benzene rings is 1. The van der Waals surface area contributed by atoms with Crippen LogP contribution in [0.15, 0.2) is 24.4 Å². The third kappa shape index (κ3) is 1.30. The number of rotatable bonds is 2. The molecule has 0 bridgehead atoms. The van der Waals surface area contributed by atoms with Crippen LogP contribution in [0.2, 0.25) is 0 Å². The van der Waals surface area contributed by atoms with Crippen molar-refractivity contribution >= 4 is 10.9 Å². The maximum atomic E-state index is 6.30. The van der Waals surface area contributed by atoms with Crippen molar-refractivity contribution in [2.24, 2.45) is 5.73 Å².